The zero-order valence-corrected chi connectivity index (χ0v) is 11.3. The lowest BCUT2D eigenvalue weighted by molar-refractivity contribution is -0.147. The quantitative estimate of drug-likeness (QED) is 0.573. The highest BCUT2D eigenvalue weighted by molar-refractivity contribution is 5.95. The van der Waals surface area contributed by atoms with E-state index in [9.17, 15) is 14.4 Å². The van der Waals surface area contributed by atoms with Crippen LogP contribution in [0.1, 0.15) is 23.2 Å². The van der Waals surface area contributed by atoms with Crippen molar-refractivity contribution in [3.8, 4) is 0 Å². The first-order chi connectivity index (χ1) is 10.1. The van der Waals surface area contributed by atoms with Gasteiger partial charge in [0.25, 0.3) is 5.91 Å². The first kappa shape index (κ1) is 14.8. The molecule has 0 heterocycles. The van der Waals surface area contributed by atoms with Gasteiger partial charge in [-0.25, -0.2) is 0 Å². The fraction of sp³-hybridized carbons (Fsp3) is 0.267. The molecule has 2 amide bonds. The minimum absolute atomic E-state index is 0.319. The van der Waals surface area contributed by atoms with E-state index in [-0.39, 0.29) is 0 Å². The maximum atomic E-state index is 12.0. The van der Waals surface area contributed by atoms with Crippen LogP contribution in [0.3, 0.4) is 0 Å². The highest BCUT2D eigenvalue weighted by Crippen LogP contribution is 2.25. The minimum atomic E-state index is -1.01. The Bertz CT molecular complexity index is 568. The van der Waals surface area contributed by atoms with Gasteiger partial charge in [0.05, 0.1) is 11.8 Å². The van der Waals surface area contributed by atoms with Crippen molar-refractivity contribution in [1.82, 2.24) is 10.9 Å². The Labute approximate surface area is 121 Å². The zero-order chi connectivity index (χ0) is 15.2. The maximum absolute atomic E-state index is 12.0. The van der Waals surface area contributed by atoms with Crippen LogP contribution in [-0.2, 0) is 9.59 Å². The van der Waals surface area contributed by atoms with Gasteiger partial charge in [-0.2, -0.15) is 0 Å². The number of rotatable bonds is 3. The van der Waals surface area contributed by atoms with Crippen molar-refractivity contribution in [3.63, 3.8) is 0 Å². The molecule has 6 nitrogen and oxygen atoms in total. The third-order valence-corrected chi connectivity index (χ3v) is 3.42. The van der Waals surface area contributed by atoms with E-state index in [0.29, 0.717) is 18.4 Å². The SMILES string of the molecule is O=C(NNC(=O)C1CC=CCC1C(=O)O)c1ccccc1. The Kier molecular flexibility index (Phi) is 4.71. The maximum Gasteiger partial charge on any atom is 0.307 e. The Morgan fingerprint density at radius 3 is 2.19 bits per heavy atom. The number of aliphatic carboxylic acids is 1. The second kappa shape index (κ2) is 6.69. The van der Waals surface area contributed by atoms with Crippen LogP contribution in [0.5, 0.6) is 0 Å². The number of carboxylic acids is 1. The highest BCUT2D eigenvalue weighted by atomic mass is 16.4. The van der Waals surface area contributed by atoms with Crippen LogP contribution in [0.25, 0.3) is 0 Å². The first-order valence-electron chi connectivity index (χ1n) is 6.62. The third-order valence-electron chi connectivity index (χ3n) is 3.42. The molecule has 0 radical (unpaired) electrons. The van der Waals surface area contributed by atoms with Crippen LogP contribution >= 0.6 is 0 Å². The van der Waals surface area contributed by atoms with Crippen LogP contribution in [0, 0.1) is 11.8 Å². The number of amides is 2. The number of hydrazine groups is 1. The minimum Gasteiger partial charge on any atom is -0.481 e. The van der Waals surface area contributed by atoms with E-state index < -0.39 is 29.6 Å². The summed E-state index contributed by atoms with van der Waals surface area (Å²) in [6, 6.07) is 8.43. The summed E-state index contributed by atoms with van der Waals surface area (Å²) in [7, 11) is 0. The van der Waals surface area contributed by atoms with Crippen molar-refractivity contribution in [3.05, 3.63) is 48.0 Å². The highest BCUT2D eigenvalue weighted by Gasteiger charge is 2.34. The van der Waals surface area contributed by atoms with Crippen molar-refractivity contribution >= 4 is 17.8 Å². The molecular weight excluding hydrogens is 272 g/mol. The second-order valence-corrected chi connectivity index (χ2v) is 4.80. The van der Waals surface area contributed by atoms with Crippen LogP contribution in [0.15, 0.2) is 42.5 Å². The van der Waals surface area contributed by atoms with E-state index in [4.69, 9.17) is 5.11 Å². The molecule has 1 aromatic rings. The van der Waals surface area contributed by atoms with Gasteiger partial charge in [-0.05, 0) is 25.0 Å². The lowest BCUT2D eigenvalue weighted by Crippen LogP contribution is -2.47. The van der Waals surface area contributed by atoms with Crippen LogP contribution in [0.4, 0.5) is 0 Å². The molecule has 0 aromatic heterocycles. The predicted octanol–water partition coefficient (Wildman–Crippen LogP) is 1.11. The molecular formula is C15H16N2O4. The average molecular weight is 288 g/mol. The van der Waals surface area contributed by atoms with Crippen molar-refractivity contribution < 1.29 is 19.5 Å². The Morgan fingerprint density at radius 2 is 1.57 bits per heavy atom. The summed E-state index contributed by atoms with van der Waals surface area (Å²) in [6.07, 6.45) is 4.21. The van der Waals surface area contributed by atoms with Gasteiger partial charge in [-0.1, -0.05) is 30.4 Å². The standard InChI is InChI=1S/C15H16N2O4/c18-13(10-6-2-1-3-7-10)16-17-14(19)11-8-4-5-9-12(11)15(20)21/h1-7,11-12H,8-9H2,(H,16,18)(H,17,19)(H,20,21). The molecule has 2 atom stereocenters. The van der Waals surface area contributed by atoms with Crippen molar-refractivity contribution in [1.29, 1.82) is 0 Å². The van der Waals surface area contributed by atoms with Crippen LogP contribution < -0.4 is 10.9 Å². The zero-order valence-electron chi connectivity index (χ0n) is 11.3. The van der Waals surface area contributed by atoms with E-state index >= 15 is 0 Å². The van der Waals surface area contributed by atoms with Gasteiger partial charge in [0.1, 0.15) is 0 Å². The summed E-state index contributed by atoms with van der Waals surface area (Å²) in [5.74, 6) is -3.38. The predicted molar refractivity (Wildman–Crippen MR) is 75.0 cm³/mol. The van der Waals surface area contributed by atoms with Crippen molar-refractivity contribution in [2.24, 2.45) is 11.8 Å². The molecule has 110 valence electrons. The van der Waals surface area contributed by atoms with Gasteiger partial charge < -0.3 is 5.11 Å². The van der Waals surface area contributed by atoms with Gasteiger partial charge in [-0.15, -0.1) is 0 Å². The molecule has 21 heavy (non-hydrogen) atoms. The van der Waals surface area contributed by atoms with Gasteiger partial charge in [0, 0.05) is 5.56 Å². The number of benzene rings is 1. The summed E-state index contributed by atoms with van der Waals surface area (Å²) in [6.45, 7) is 0. The van der Waals surface area contributed by atoms with Crippen molar-refractivity contribution in [2.45, 2.75) is 12.8 Å². The molecule has 1 aliphatic rings. The van der Waals surface area contributed by atoms with Gasteiger partial charge in [0.2, 0.25) is 5.91 Å². The van der Waals surface area contributed by atoms with Gasteiger partial charge >= 0.3 is 5.97 Å². The molecule has 0 saturated heterocycles. The van der Waals surface area contributed by atoms with Gasteiger partial charge in [0.15, 0.2) is 0 Å². The van der Waals surface area contributed by atoms with Gasteiger partial charge in [-0.3, -0.25) is 25.2 Å². The van der Waals surface area contributed by atoms with E-state index in [2.05, 4.69) is 10.9 Å². The topological polar surface area (TPSA) is 95.5 Å². The molecule has 0 aliphatic heterocycles. The third kappa shape index (κ3) is 3.68. The summed E-state index contributed by atoms with van der Waals surface area (Å²) in [5, 5.41) is 9.11. The van der Waals surface area contributed by atoms with E-state index in [1.807, 2.05) is 0 Å². The largest absolute Gasteiger partial charge is 0.481 e. The number of hydrogen-bond acceptors (Lipinski definition) is 3. The molecule has 0 fully saturated rings. The summed E-state index contributed by atoms with van der Waals surface area (Å²) in [4.78, 5) is 34.9. The fourth-order valence-corrected chi connectivity index (χ4v) is 2.25. The molecule has 0 saturated carbocycles. The van der Waals surface area contributed by atoms with E-state index in [1.165, 1.54) is 0 Å². The van der Waals surface area contributed by atoms with E-state index in [0.717, 1.165) is 0 Å². The molecule has 2 rings (SSSR count). The molecule has 1 aromatic carbocycles. The summed E-state index contributed by atoms with van der Waals surface area (Å²) < 4.78 is 0. The number of allylic oxidation sites excluding steroid dienone is 2. The first-order valence-corrected chi connectivity index (χ1v) is 6.62. The van der Waals surface area contributed by atoms with Crippen LogP contribution in [0.2, 0.25) is 0 Å². The lowest BCUT2D eigenvalue weighted by atomic mass is 9.82. The Hall–Kier alpha value is -2.63. The number of carboxylic acid groups (broad SMARTS) is 1. The number of carbonyl (C=O) groups excluding carboxylic acids is 2. The average Bonchev–Trinajstić information content (AvgIpc) is 2.53. The Balaban J connectivity index is 1.94. The molecule has 3 N–H and O–H groups in total. The summed E-state index contributed by atoms with van der Waals surface area (Å²) in [5.41, 5.74) is 5.01. The van der Waals surface area contributed by atoms with Crippen molar-refractivity contribution in [2.75, 3.05) is 0 Å². The Morgan fingerprint density at radius 1 is 0.952 bits per heavy atom. The van der Waals surface area contributed by atoms with Crippen LogP contribution in [-0.4, -0.2) is 22.9 Å². The van der Waals surface area contributed by atoms with E-state index in [1.54, 1.807) is 42.5 Å². The molecule has 1 aliphatic carbocycles. The number of hydrogen-bond donors (Lipinski definition) is 3. The normalized spacial score (nSPS) is 20.6. The molecule has 0 spiro atoms. The second-order valence-electron chi connectivity index (χ2n) is 4.80. The summed E-state index contributed by atoms with van der Waals surface area (Å²) >= 11 is 0. The monoisotopic (exact) mass is 288 g/mol. The lowest BCUT2D eigenvalue weighted by Gasteiger charge is -2.24. The number of carbonyl (C=O) groups is 3. The molecule has 6 heteroatoms. The number of nitrogens with one attached hydrogen (secondary N) is 2. The smallest absolute Gasteiger partial charge is 0.307 e. The molecule has 0 bridgehead atoms. The molecule has 2 unspecified atom stereocenters. The fourth-order valence-electron chi connectivity index (χ4n) is 2.25.